The van der Waals surface area contributed by atoms with Gasteiger partial charge in [0.25, 0.3) is 5.91 Å². The van der Waals surface area contributed by atoms with Crippen LogP contribution in [-0.2, 0) is 9.84 Å². The van der Waals surface area contributed by atoms with Crippen molar-refractivity contribution >= 4 is 27.1 Å². The largest absolute Gasteiger partial charge is 0.348 e. The predicted octanol–water partition coefficient (Wildman–Crippen LogP) is 1.19. The van der Waals surface area contributed by atoms with Crippen LogP contribution in [-0.4, -0.2) is 44.1 Å². The molecule has 118 valence electrons. The molecule has 2 heterocycles. The molecule has 0 bridgehead atoms. The van der Waals surface area contributed by atoms with Crippen LogP contribution in [0.15, 0.2) is 29.4 Å². The average Bonchev–Trinajstić information content (AvgIpc) is 3.05. The van der Waals surface area contributed by atoms with Gasteiger partial charge in [0.05, 0.1) is 17.2 Å². The molecule has 0 spiro atoms. The van der Waals surface area contributed by atoms with Crippen molar-refractivity contribution in [3.63, 3.8) is 0 Å². The molecule has 0 aromatic heterocycles. The van der Waals surface area contributed by atoms with Crippen molar-refractivity contribution in [1.82, 2.24) is 5.32 Å². The Balaban J connectivity index is 1.64. The van der Waals surface area contributed by atoms with E-state index in [0.29, 0.717) is 12.0 Å². The van der Waals surface area contributed by atoms with Gasteiger partial charge < -0.3 is 5.32 Å². The van der Waals surface area contributed by atoms with Gasteiger partial charge >= 0.3 is 0 Å². The lowest BCUT2D eigenvalue weighted by molar-refractivity contribution is 0.0941. The van der Waals surface area contributed by atoms with Crippen molar-refractivity contribution in [3.05, 3.63) is 29.8 Å². The van der Waals surface area contributed by atoms with Crippen LogP contribution >= 0.6 is 0 Å². The number of amides is 1. The molecule has 1 amide bonds. The fraction of sp³-hybridized carbons (Fsp3) is 0.467. The molecule has 3 rings (SSSR count). The van der Waals surface area contributed by atoms with Gasteiger partial charge in [-0.15, -0.1) is 0 Å². The van der Waals surface area contributed by atoms with Gasteiger partial charge in [0.1, 0.15) is 0 Å². The van der Waals surface area contributed by atoms with E-state index in [0.717, 1.165) is 24.4 Å². The Hall–Kier alpha value is -1.89. The third kappa shape index (κ3) is 3.30. The Morgan fingerprint density at radius 3 is 2.59 bits per heavy atom. The highest BCUT2D eigenvalue weighted by Gasteiger charge is 2.29. The molecule has 1 atom stereocenters. The summed E-state index contributed by atoms with van der Waals surface area (Å²) in [7, 11) is -2.98. The first-order valence-corrected chi connectivity index (χ1v) is 9.18. The smallest absolute Gasteiger partial charge is 0.251 e. The molecular formula is C15H19N3O3S. The molecule has 0 radical (unpaired) electrons. The number of carbonyl (C=O) groups excluding carboxylic acids is 1. The molecule has 0 saturated carbocycles. The summed E-state index contributed by atoms with van der Waals surface area (Å²) in [6, 6.07) is 6.95. The third-order valence-corrected chi connectivity index (χ3v) is 5.74. The molecule has 1 saturated heterocycles. The van der Waals surface area contributed by atoms with Crippen molar-refractivity contribution in [1.29, 1.82) is 0 Å². The molecule has 22 heavy (non-hydrogen) atoms. The van der Waals surface area contributed by atoms with Crippen LogP contribution in [0.5, 0.6) is 0 Å². The lowest BCUT2D eigenvalue weighted by Crippen LogP contribution is -2.35. The number of nitrogens with one attached hydrogen (secondary N) is 1. The fourth-order valence-corrected chi connectivity index (χ4v) is 4.40. The van der Waals surface area contributed by atoms with E-state index in [1.165, 1.54) is 0 Å². The summed E-state index contributed by atoms with van der Waals surface area (Å²) in [6.45, 7) is 2.86. The van der Waals surface area contributed by atoms with Gasteiger partial charge in [-0.05, 0) is 37.6 Å². The standard InChI is InChI=1S/C15H19N3O3S/c1-11-6-8-18(17-11)14-4-2-12(3-5-14)15(19)16-13-7-9-22(20,21)10-13/h2-5,13H,6-10H2,1H3,(H,16,19)/t13-/m1/s1. The molecule has 2 aliphatic rings. The summed E-state index contributed by atoms with van der Waals surface area (Å²) in [5.41, 5.74) is 2.59. The van der Waals surface area contributed by atoms with Crippen molar-refractivity contribution in [3.8, 4) is 0 Å². The van der Waals surface area contributed by atoms with Crippen molar-refractivity contribution < 1.29 is 13.2 Å². The van der Waals surface area contributed by atoms with Gasteiger partial charge in [0.15, 0.2) is 9.84 Å². The maximum Gasteiger partial charge on any atom is 0.251 e. The molecule has 1 aromatic carbocycles. The maximum atomic E-state index is 12.1. The molecule has 0 aliphatic carbocycles. The normalized spacial score (nSPS) is 23.4. The molecule has 1 aromatic rings. The highest BCUT2D eigenvalue weighted by Crippen LogP contribution is 2.20. The Bertz CT molecular complexity index is 710. The molecule has 1 N–H and O–H groups in total. The monoisotopic (exact) mass is 321 g/mol. The summed E-state index contributed by atoms with van der Waals surface area (Å²) in [4.78, 5) is 12.1. The minimum atomic E-state index is -2.98. The summed E-state index contributed by atoms with van der Waals surface area (Å²) in [5, 5.41) is 9.12. The van der Waals surface area contributed by atoms with Crippen LogP contribution in [0.4, 0.5) is 5.69 Å². The van der Waals surface area contributed by atoms with Gasteiger partial charge in [-0.2, -0.15) is 5.10 Å². The Kier molecular flexibility index (Phi) is 3.90. The number of sulfone groups is 1. The first-order valence-electron chi connectivity index (χ1n) is 7.36. The first-order chi connectivity index (χ1) is 10.4. The van der Waals surface area contributed by atoms with Gasteiger partial charge in [-0.1, -0.05) is 0 Å². The van der Waals surface area contributed by atoms with Crippen molar-refractivity contribution in [2.75, 3.05) is 23.1 Å². The molecule has 2 aliphatic heterocycles. The second-order valence-electron chi connectivity index (χ2n) is 5.83. The zero-order chi connectivity index (χ0) is 15.7. The fourth-order valence-electron chi connectivity index (χ4n) is 2.72. The van der Waals surface area contributed by atoms with Gasteiger partial charge in [-0.3, -0.25) is 9.80 Å². The number of rotatable bonds is 3. The van der Waals surface area contributed by atoms with E-state index in [9.17, 15) is 13.2 Å². The number of nitrogens with zero attached hydrogens (tertiary/aromatic N) is 2. The van der Waals surface area contributed by atoms with E-state index < -0.39 is 9.84 Å². The maximum absolute atomic E-state index is 12.1. The van der Waals surface area contributed by atoms with E-state index in [1.54, 1.807) is 12.1 Å². The first kappa shape index (κ1) is 15.0. The molecule has 7 heteroatoms. The average molecular weight is 321 g/mol. The predicted molar refractivity (Wildman–Crippen MR) is 86.0 cm³/mol. The SMILES string of the molecule is CC1=NN(c2ccc(C(=O)N[C@@H]3CCS(=O)(=O)C3)cc2)CC1. The number of hydrazone groups is 1. The van der Waals surface area contributed by atoms with E-state index >= 15 is 0 Å². The highest BCUT2D eigenvalue weighted by molar-refractivity contribution is 7.91. The van der Waals surface area contributed by atoms with E-state index in [1.807, 2.05) is 24.1 Å². The lowest BCUT2D eigenvalue weighted by atomic mass is 10.1. The molecule has 6 nitrogen and oxygen atoms in total. The highest BCUT2D eigenvalue weighted by atomic mass is 32.2. The number of hydrogen-bond acceptors (Lipinski definition) is 5. The number of hydrogen-bond donors (Lipinski definition) is 1. The van der Waals surface area contributed by atoms with Crippen LogP contribution in [0.1, 0.15) is 30.1 Å². The summed E-state index contributed by atoms with van der Waals surface area (Å²) in [6.07, 6.45) is 1.45. The number of carbonyl (C=O) groups is 1. The second-order valence-corrected chi connectivity index (χ2v) is 8.06. The van der Waals surface area contributed by atoms with Gasteiger partial charge in [0, 0.05) is 30.3 Å². The topological polar surface area (TPSA) is 78.8 Å². The van der Waals surface area contributed by atoms with E-state index in [-0.39, 0.29) is 23.5 Å². The lowest BCUT2D eigenvalue weighted by Gasteiger charge is -2.15. The van der Waals surface area contributed by atoms with Gasteiger partial charge in [-0.25, -0.2) is 8.42 Å². The zero-order valence-corrected chi connectivity index (χ0v) is 13.3. The summed E-state index contributed by atoms with van der Waals surface area (Å²) in [5.74, 6) is -0.0309. The van der Waals surface area contributed by atoms with Crippen molar-refractivity contribution in [2.24, 2.45) is 5.10 Å². The Morgan fingerprint density at radius 2 is 2.05 bits per heavy atom. The molecule has 0 unspecified atom stereocenters. The molecular weight excluding hydrogens is 302 g/mol. The number of benzene rings is 1. The van der Waals surface area contributed by atoms with Crippen molar-refractivity contribution in [2.45, 2.75) is 25.8 Å². The van der Waals surface area contributed by atoms with E-state index in [2.05, 4.69) is 10.4 Å². The Labute approximate surface area is 130 Å². The van der Waals surface area contributed by atoms with Crippen LogP contribution in [0, 0.1) is 0 Å². The van der Waals surface area contributed by atoms with E-state index in [4.69, 9.17) is 0 Å². The van der Waals surface area contributed by atoms with Crippen LogP contribution < -0.4 is 10.3 Å². The minimum Gasteiger partial charge on any atom is -0.348 e. The number of anilines is 1. The molecule has 1 fully saturated rings. The Morgan fingerprint density at radius 1 is 1.32 bits per heavy atom. The zero-order valence-electron chi connectivity index (χ0n) is 12.4. The van der Waals surface area contributed by atoms with Crippen LogP contribution in [0.3, 0.4) is 0 Å². The summed E-state index contributed by atoms with van der Waals surface area (Å²) >= 11 is 0. The quantitative estimate of drug-likeness (QED) is 0.907. The van der Waals surface area contributed by atoms with Crippen LogP contribution in [0.2, 0.25) is 0 Å². The third-order valence-electron chi connectivity index (χ3n) is 3.97. The summed E-state index contributed by atoms with van der Waals surface area (Å²) < 4.78 is 22.8. The van der Waals surface area contributed by atoms with Gasteiger partial charge in [0.2, 0.25) is 0 Å². The van der Waals surface area contributed by atoms with Crippen LogP contribution in [0.25, 0.3) is 0 Å². The minimum absolute atomic E-state index is 0.0403. The second kappa shape index (κ2) is 5.72.